The summed E-state index contributed by atoms with van der Waals surface area (Å²) in [6.07, 6.45) is 12.4. The van der Waals surface area contributed by atoms with Gasteiger partial charge in [-0.3, -0.25) is 0 Å². The zero-order valence-electron chi connectivity index (χ0n) is 13.9. The molecule has 0 aromatic rings. The molecule has 0 aromatic carbocycles. The maximum absolute atomic E-state index is 12.7. The summed E-state index contributed by atoms with van der Waals surface area (Å²) in [5, 5.41) is 12.7. The second kappa shape index (κ2) is 9.75. The molecular formula is C17H35NO2. The van der Waals surface area contributed by atoms with Crippen molar-refractivity contribution in [3.63, 3.8) is 0 Å². The predicted octanol–water partition coefficient (Wildman–Crippen LogP) is 4.64. The summed E-state index contributed by atoms with van der Waals surface area (Å²) in [5.74, 6) is 0. The van der Waals surface area contributed by atoms with Crippen LogP contribution in [0.4, 0.5) is 0 Å². The van der Waals surface area contributed by atoms with Crippen molar-refractivity contribution >= 4 is 0 Å². The topological polar surface area (TPSA) is 32.3 Å². The first-order valence-electron chi connectivity index (χ1n) is 8.79. The Morgan fingerprint density at radius 3 is 2.15 bits per heavy atom. The van der Waals surface area contributed by atoms with E-state index in [9.17, 15) is 5.21 Å². The molecule has 3 heteroatoms. The summed E-state index contributed by atoms with van der Waals surface area (Å²) in [4.78, 5) is 0. The molecule has 1 aliphatic heterocycles. The molecule has 0 spiro atoms. The van der Waals surface area contributed by atoms with Gasteiger partial charge in [0, 0.05) is 6.42 Å². The van der Waals surface area contributed by atoms with Gasteiger partial charge in [0.05, 0.1) is 13.7 Å². The number of quaternary nitrogens is 1. The van der Waals surface area contributed by atoms with E-state index in [0.29, 0.717) is 13.2 Å². The Kier molecular flexibility index (Phi) is 8.74. The van der Waals surface area contributed by atoms with E-state index in [4.69, 9.17) is 4.74 Å². The van der Waals surface area contributed by atoms with Gasteiger partial charge in [0.2, 0.25) is 0 Å². The average Bonchev–Trinajstić information content (AvgIpc) is 2.41. The lowest BCUT2D eigenvalue weighted by Crippen LogP contribution is -2.59. The molecule has 120 valence electrons. The zero-order valence-corrected chi connectivity index (χ0v) is 13.9. The summed E-state index contributed by atoms with van der Waals surface area (Å²) in [5.41, 5.74) is 0. The number of hydrogen-bond donors (Lipinski definition) is 0. The number of ether oxygens (including phenoxy) is 1. The molecule has 0 amide bonds. The highest BCUT2D eigenvalue weighted by Gasteiger charge is 2.36. The van der Waals surface area contributed by atoms with Gasteiger partial charge in [0.15, 0.2) is 0 Å². The second-order valence-corrected chi connectivity index (χ2v) is 6.57. The molecule has 0 N–H and O–H groups in total. The van der Waals surface area contributed by atoms with Crippen LogP contribution < -0.4 is 0 Å². The van der Waals surface area contributed by atoms with E-state index in [1.807, 2.05) is 7.05 Å². The lowest BCUT2D eigenvalue weighted by atomic mass is 9.95. The SMILES string of the molecule is CCCCCCC1OCC[N+](C)([O-])C1CCCCCC. The van der Waals surface area contributed by atoms with Crippen LogP contribution in [-0.4, -0.2) is 37.0 Å². The standard InChI is InChI=1S/C17H35NO2/c1-4-6-8-10-12-16-17(13-11-9-7-5-2)20-15-14-18(16,3)19/h16-17H,4-15H2,1-3H3. The fourth-order valence-electron chi connectivity index (χ4n) is 3.30. The van der Waals surface area contributed by atoms with Crippen molar-refractivity contribution in [1.82, 2.24) is 0 Å². The number of morpholine rings is 1. The lowest BCUT2D eigenvalue weighted by molar-refractivity contribution is -0.900. The van der Waals surface area contributed by atoms with Gasteiger partial charge in [-0.15, -0.1) is 0 Å². The molecule has 1 heterocycles. The van der Waals surface area contributed by atoms with Crippen LogP contribution in [0.5, 0.6) is 0 Å². The quantitative estimate of drug-likeness (QED) is 0.333. The molecule has 1 aliphatic rings. The first-order valence-corrected chi connectivity index (χ1v) is 8.79. The van der Waals surface area contributed by atoms with Crippen molar-refractivity contribution in [2.45, 2.75) is 90.2 Å². The Balaban J connectivity index is 2.41. The van der Waals surface area contributed by atoms with Gasteiger partial charge >= 0.3 is 0 Å². The summed E-state index contributed by atoms with van der Waals surface area (Å²) in [7, 11) is 1.85. The number of hydrogen-bond acceptors (Lipinski definition) is 2. The smallest absolute Gasteiger partial charge is 0.115 e. The van der Waals surface area contributed by atoms with Crippen LogP contribution in [0.2, 0.25) is 0 Å². The minimum Gasteiger partial charge on any atom is -0.633 e. The minimum atomic E-state index is -0.0788. The molecule has 1 saturated heterocycles. The number of nitrogens with zero attached hydrogens (tertiary/aromatic N) is 1. The van der Waals surface area contributed by atoms with Gasteiger partial charge in [0.1, 0.15) is 18.7 Å². The zero-order chi connectivity index (χ0) is 14.8. The molecule has 1 fully saturated rings. The molecule has 0 aliphatic carbocycles. The van der Waals surface area contributed by atoms with Crippen molar-refractivity contribution in [3.05, 3.63) is 5.21 Å². The highest BCUT2D eigenvalue weighted by Crippen LogP contribution is 2.28. The summed E-state index contributed by atoms with van der Waals surface area (Å²) in [6.45, 7) is 5.74. The Morgan fingerprint density at radius 2 is 1.55 bits per heavy atom. The van der Waals surface area contributed by atoms with Crippen LogP contribution in [0.15, 0.2) is 0 Å². The van der Waals surface area contributed by atoms with E-state index in [0.717, 1.165) is 12.8 Å². The molecule has 3 unspecified atom stereocenters. The molecule has 0 radical (unpaired) electrons. The van der Waals surface area contributed by atoms with Gasteiger partial charge in [-0.05, 0) is 12.8 Å². The number of rotatable bonds is 10. The van der Waals surface area contributed by atoms with Crippen molar-refractivity contribution < 1.29 is 9.38 Å². The van der Waals surface area contributed by atoms with E-state index in [-0.39, 0.29) is 16.8 Å². The van der Waals surface area contributed by atoms with Crippen LogP contribution in [0.25, 0.3) is 0 Å². The van der Waals surface area contributed by atoms with Gasteiger partial charge in [-0.2, -0.15) is 0 Å². The monoisotopic (exact) mass is 285 g/mol. The third-order valence-corrected chi connectivity index (χ3v) is 4.69. The third kappa shape index (κ3) is 6.11. The van der Waals surface area contributed by atoms with E-state index in [2.05, 4.69) is 13.8 Å². The molecule has 1 rings (SSSR count). The first-order chi connectivity index (χ1) is 9.61. The van der Waals surface area contributed by atoms with E-state index in [1.165, 1.54) is 51.4 Å². The maximum atomic E-state index is 12.7. The fraction of sp³-hybridized carbons (Fsp3) is 1.00. The Hall–Kier alpha value is -0.120. The fourth-order valence-corrected chi connectivity index (χ4v) is 3.30. The molecule has 20 heavy (non-hydrogen) atoms. The van der Waals surface area contributed by atoms with Crippen LogP contribution in [0.1, 0.15) is 78.1 Å². The second-order valence-electron chi connectivity index (χ2n) is 6.57. The van der Waals surface area contributed by atoms with Crippen LogP contribution in [0.3, 0.4) is 0 Å². The normalized spacial score (nSPS) is 30.6. The van der Waals surface area contributed by atoms with Gasteiger partial charge in [0.25, 0.3) is 0 Å². The maximum Gasteiger partial charge on any atom is 0.115 e. The Labute approximate surface area is 125 Å². The molecule has 0 aromatic heterocycles. The number of hydroxylamine groups is 3. The van der Waals surface area contributed by atoms with Crippen LogP contribution in [0, 0.1) is 5.21 Å². The molecule has 3 nitrogen and oxygen atoms in total. The lowest BCUT2D eigenvalue weighted by Gasteiger charge is -2.51. The Morgan fingerprint density at radius 1 is 0.950 bits per heavy atom. The van der Waals surface area contributed by atoms with E-state index in [1.54, 1.807) is 0 Å². The van der Waals surface area contributed by atoms with Crippen molar-refractivity contribution in [1.29, 1.82) is 0 Å². The largest absolute Gasteiger partial charge is 0.633 e. The summed E-state index contributed by atoms with van der Waals surface area (Å²) < 4.78 is 5.87. The molecule has 3 atom stereocenters. The Bertz CT molecular complexity index is 243. The van der Waals surface area contributed by atoms with Gasteiger partial charge < -0.3 is 14.6 Å². The van der Waals surface area contributed by atoms with Crippen LogP contribution in [-0.2, 0) is 4.74 Å². The van der Waals surface area contributed by atoms with Crippen LogP contribution >= 0.6 is 0 Å². The van der Waals surface area contributed by atoms with Crippen molar-refractivity contribution in [2.24, 2.45) is 0 Å². The summed E-state index contributed by atoms with van der Waals surface area (Å²) in [6, 6.07) is 0.169. The third-order valence-electron chi connectivity index (χ3n) is 4.69. The number of likely N-dealkylation sites (N-methyl/N-ethyl adjacent to an activating group) is 1. The highest BCUT2D eigenvalue weighted by atomic mass is 16.6. The molecular weight excluding hydrogens is 250 g/mol. The number of unbranched alkanes of at least 4 members (excludes halogenated alkanes) is 6. The first kappa shape index (κ1) is 17.9. The average molecular weight is 285 g/mol. The van der Waals surface area contributed by atoms with Gasteiger partial charge in [-0.25, -0.2) is 0 Å². The van der Waals surface area contributed by atoms with E-state index >= 15 is 0 Å². The summed E-state index contributed by atoms with van der Waals surface area (Å²) >= 11 is 0. The minimum absolute atomic E-state index is 0.0788. The molecule has 0 bridgehead atoms. The van der Waals surface area contributed by atoms with E-state index < -0.39 is 0 Å². The van der Waals surface area contributed by atoms with Gasteiger partial charge in [-0.1, -0.05) is 58.8 Å². The highest BCUT2D eigenvalue weighted by molar-refractivity contribution is 4.76. The van der Waals surface area contributed by atoms with Crippen molar-refractivity contribution in [2.75, 3.05) is 20.2 Å². The molecule has 0 saturated carbocycles. The van der Waals surface area contributed by atoms with Crippen molar-refractivity contribution in [3.8, 4) is 0 Å². The predicted molar refractivity (Wildman–Crippen MR) is 85.5 cm³/mol.